The van der Waals surface area contributed by atoms with Gasteiger partial charge in [-0.15, -0.1) is 0 Å². The van der Waals surface area contributed by atoms with Crippen molar-refractivity contribution in [2.45, 2.75) is 31.2 Å². The van der Waals surface area contributed by atoms with E-state index in [1.54, 1.807) is 12.3 Å². The molecule has 3 aromatic heterocycles. The highest BCUT2D eigenvalue weighted by atomic mass is 16.2. The predicted molar refractivity (Wildman–Crippen MR) is 114 cm³/mol. The Labute approximate surface area is 173 Å². The molecule has 8 heteroatoms. The topological polar surface area (TPSA) is 111 Å². The lowest BCUT2D eigenvalue weighted by atomic mass is 10.0. The minimum Gasteiger partial charge on any atom is -0.373 e. The Bertz CT molecular complexity index is 1180. The fourth-order valence-corrected chi connectivity index (χ4v) is 3.68. The fourth-order valence-electron chi connectivity index (χ4n) is 3.68. The van der Waals surface area contributed by atoms with Gasteiger partial charge in [0.1, 0.15) is 17.3 Å². The lowest BCUT2D eigenvalue weighted by Crippen LogP contribution is -2.31. The largest absolute Gasteiger partial charge is 0.373 e. The molecule has 1 aromatic carbocycles. The van der Waals surface area contributed by atoms with Crippen molar-refractivity contribution in [3.05, 3.63) is 71.6 Å². The Morgan fingerprint density at radius 2 is 2.10 bits per heavy atom. The number of hydrogen-bond donors (Lipinski definition) is 4. The highest BCUT2D eigenvalue weighted by molar-refractivity contribution is 5.92. The van der Waals surface area contributed by atoms with Crippen LogP contribution in [0.5, 0.6) is 0 Å². The van der Waals surface area contributed by atoms with Gasteiger partial charge in [0.25, 0.3) is 5.91 Å². The summed E-state index contributed by atoms with van der Waals surface area (Å²) in [7, 11) is 1.85. The van der Waals surface area contributed by atoms with Crippen molar-refractivity contribution in [2.75, 3.05) is 12.4 Å². The van der Waals surface area contributed by atoms with Crippen LogP contribution in [0.4, 0.5) is 5.82 Å². The number of anilines is 1. The molecule has 1 amide bonds. The number of amides is 1. The smallest absolute Gasteiger partial charge is 0.269 e. The minimum atomic E-state index is -0.312. The van der Waals surface area contributed by atoms with E-state index in [1.807, 2.05) is 37.5 Å². The predicted octanol–water partition coefficient (Wildman–Crippen LogP) is 3.31. The molecule has 8 nitrogen and oxygen atoms in total. The third-order valence-corrected chi connectivity index (χ3v) is 5.47. The van der Waals surface area contributed by atoms with E-state index in [0.29, 0.717) is 18.0 Å². The molecule has 152 valence electrons. The molecule has 1 fully saturated rings. The molecule has 0 aliphatic heterocycles. The SMILES string of the molecule is CNc1cc(C(Cc2c[nH]c3ccccc23)NC(=O)c2ccn[nH]2)nc(C2CC2)n1. The number of benzene rings is 1. The maximum Gasteiger partial charge on any atom is 0.269 e. The van der Waals surface area contributed by atoms with Gasteiger partial charge in [0.2, 0.25) is 0 Å². The van der Waals surface area contributed by atoms with Gasteiger partial charge in [0, 0.05) is 48.7 Å². The maximum absolute atomic E-state index is 12.8. The van der Waals surface area contributed by atoms with E-state index in [-0.39, 0.29) is 11.9 Å². The van der Waals surface area contributed by atoms with Crippen LogP contribution in [0.1, 0.15) is 52.4 Å². The summed E-state index contributed by atoms with van der Waals surface area (Å²) in [6.45, 7) is 0. The summed E-state index contributed by atoms with van der Waals surface area (Å²) in [6.07, 6.45) is 6.40. The Balaban J connectivity index is 1.52. The van der Waals surface area contributed by atoms with Gasteiger partial charge in [-0.3, -0.25) is 9.89 Å². The third kappa shape index (κ3) is 3.63. The van der Waals surface area contributed by atoms with Crippen molar-refractivity contribution in [3.8, 4) is 0 Å². The van der Waals surface area contributed by atoms with Crippen molar-refractivity contribution in [3.63, 3.8) is 0 Å². The molecular weight excluding hydrogens is 378 g/mol. The van der Waals surface area contributed by atoms with Crippen molar-refractivity contribution >= 4 is 22.6 Å². The molecule has 4 N–H and O–H groups in total. The number of carbonyl (C=O) groups is 1. The van der Waals surface area contributed by atoms with Crippen molar-refractivity contribution in [1.82, 2.24) is 30.5 Å². The van der Waals surface area contributed by atoms with Gasteiger partial charge in [-0.25, -0.2) is 9.97 Å². The summed E-state index contributed by atoms with van der Waals surface area (Å²) < 4.78 is 0. The van der Waals surface area contributed by atoms with Crippen molar-refractivity contribution in [1.29, 1.82) is 0 Å². The van der Waals surface area contributed by atoms with E-state index >= 15 is 0 Å². The average molecular weight is 401 g/mol. The number of para-hydroxylation sites is 1. The second-order valence-corrected chi connectivity index (χ2v) is 7.62. The highest BCUT2D eigenvalue weighted by Gasteiger charge is 2.29. The quantitative estimate of drug-likeness (QED) is 0.380. The molecular formula is C22H23N7O. The summed E-state index contributed by atoms with van der Waals surface area (Å²) in [5, 5.41) is 14.0. The number of hydrogen-bond acceptors (Lipinski definition) is 5. The van der Waals surface area contributed by atoms with Crippen molar-refractivity contribution < 1.29 is 4.79 Å². The van der Waals surface area contributed by atoms with Gasteiger partial charge in [-0.2, -0.15) is 5.10 Å². The van der Waals surface area contributed by atoms with E-state index in [1.165, 1.54) is 0 Å². The molecule has 0 bridgehead atoms. The second-order valence-electron chi connectivity index (χ2n) is 7.62. The van der Waals surface area contributed by atoms with Gasteiger partial charge in [-0.1, -0.05) is 18.2 Å². The summed E-state index contributed by atoms with van der Waals surface area (Å²) in [4.78, 5) is 25.6. The normalized spacial score (nSPS) is 14.6. The van der Waals surface area contributed by atoms with E-state index in [9.17, 15) is 4.79 Å². The van der Waals surface area contributed by atoms with Crippen LogP contribution in [0.3, 0.4) is 0 Å². The molecule has 3 heterocycles. The van der Waals surface area contributed by atoms with Gasteiger partial charge in [-0.05, 0) is 30.5 Å². The zero-order chi connectivity index (χ0) is 20.5. The lowest BCUT2D eigenvalue weighted by Gasteiger charge is -2.19. The minimum absolute atomic E-state index is 0.213. The summed E-state index contributed by atoms with van der Waals surface area (Å²) >= 11 is 0. The average Bonchev–Trinajstić information content (AvgIpc) is 3.33. The number of rotatable bonds is 7. The van der Waals surface area contributed by atoms with E-state index in [2.05, 4.69) is 36.9 Å². The first-order valence-corrected chi connectivity index (χ1v) is 10.1. The zero-order valence-electron chi connectivity index (χ0n) is 16.6. The molecule has 1 atom stereocenters. The van der Waals surface area contributed by atoms with Gasteiger partial charge >= 0.3 is 0 Å². The number of aromatic nitrogens is 5. The van der Waals surface area contributed by atoms with Gasteiger partial charge in [0.05, 0.1) is 11.7 Å². The van der Waals surface area contributed by atoms with Crippen LogP contribution < -0.4 is 10.6 Å². The monoisotopic (exact) mass is 401 g/mol. The number of fused-ring (bicyclic) bond motifs is 1. The van der Waals surface area contributed by atoms with Gasteiger partial charge in [0.15, 0.2) is 0 Å². The number of nitrogens with zero attached hydrogens (tertiary/aromatic N) is 3. The molecule has 30 heavy (non-hydrogen) atoms. The van der Waals surface area contributed by atoms with E-state index in [0.717, 1.165) is 46.6 Å². The Morgan fingerprint density at radius 1 is 1.23 bits per heavy atom. The first-order valence-electron chi connectivity index (χ1n) is 10.1. The van der Waals surface area contributed by atoms with Crippen LogP contribution in [0.15, 0.2) is 48.8 Å². The molecule has 0 saturated heterocycles. The van der Waals surface area contributed by atoms with E-state index in [4.69, 9.17) is 4.98 Å². The van der Waals surface area contributed by atoms with Crippen LogP contribution in [0, 0.1) is 0 Å². The van der Waals surface area contributed by atoms with Crippen LogP contribution >= 0.6 is 0 Å². The summed E-state index contributed by atoms with van der Waals surface area (Å²) in [5.41, 5.74) is 3.42. The van der Waals surface area contributed by atoms with Crippen LogP contribution in [0.25, 0.3) is 10.9 Å². The highest BCUT2D eigenvalue weighted by Crippen LogP contribution is 2.39. The Morgan fingerprint density at radius 3 is 2.87 bits per heavy atom. The molecule has 0 spiro atoms. The molecule has 1 aliphatic rings. The first-order chi connectivity index (χ1) is 14.7. The van der Waals surface area contributed by atoms with Crippen molar-refractivity contribution in [2.24, 2.45) is 0 Å². The standard InChI is InChI=1S/C22H23N7O/c1-23-20-11-19(26-21(28-20)13-6-7-13)18(27-22(30)17-8-9-25-29-17)10-14-12-24-16-5-3-2-4-15(14)16/h2-5,8-9,11-13,18,24H,6-7,10H2,1H3,(H,25,29)(H,27,30)(H,23,26,28). The maximum atomic E-state index is 12.8. The number of aromatic amines is 2. The number of carbonyl (C=O) groups excluding carboxylic acids is 1. The Hall–Kier alpha value is -3.68. The number of H-pyrrole nitrogens is 2. The van der Waals surface area contributed by atoms with Crippen LogP contribution in [-0.2, 0) is 6.42 Å². The fraction of sp³-hybridized carbons (Fsp3) is 0.273. The van der Waals surface area contributed by atoms with Crippen LogP contribution in [0.2, 0.25) is 0 Å². The summed E-state index contributed by atoms with van der Waals surface area (Å²) in [5.74, 6) is 1.81. The molecule has 0 radical (unpaired) electrons. The van der Waals surface area contributed by atoms with Gasteiger partial charge < -0.3 is 15.6 Å². The van der Waals surface area contributed by atoms with Crippen LogP contribution in [-0.4, -0.2) is 38.1 Å². The molecule has 4 aromatic rings. The lowest BCUT2D eigenvalue weighted by molar-refractivity contribution is 0.0930. The molecule has 1 aliphatic carbocycles. The summed E-state index contributed by atoms with van der Waals surface area (Å²) in [6, 6.07) is 11.4. The third-order valence-electron chi connectivity index (χ3n) is 5.47. The molecule has 5 rings (SSSR count). The molecule has 1 saturated carbocycles. The second kappa shape index (κ2) is 7.62. The Kier molecular flexibility index (Phi) is 4.66. The zero-order valence-corrected chi connectivity index (χ0v) is 16.6. The molecule has 1 unspecified atom stereocenters. The first kappa shape index (κ1) is 18.4. The number of nitrogens with one attached hydrogen (secondary N) is 4. The van der Waals surface area contributed by atoms with E-state index < -0.39 is 0 Å².